The van der Waals surface area contributed by atoms with Gasteiger partial charge in [0.15, 0.2) is 0 Å². The molecular formula is C17H20N2O2. The van der Waals surface area contributed by atoms with Crippen LogP contribution < -0.4 is 10.1 Å². The third-order valence-electron chi connectivity index (χ3n) is 3.15. The van der Waals surface area contributed by atoms with Gasteiger partial charge < -0.3 is 15.0 Å². The minimum Gasteiger partial charge on any atom is -0.497 e. The topological polar surface area (TPSA) is 41.6 Å². The lowest BCUT2D eigenvalue weighted by Crippen LogP contribution is -2.21. The molecule has 0 saturated carbocycles. The highest BCUT2D eigenvalue weighted by Crippen LogP contribution is 2.16. The second-order valence-corrected chi connectivity index (χ2v) is 4.99. The van der Waals surface area contributed by atoms with E-state index in [1.54, 1.807) is 26.1 Å². The van der Waals surface area contributed by atoms with Gasteiger partial charge >= 0.3 is 0 Å². The molecule has 0 unspecified atom stereocenters. The zero-order valence-corrected chi connectivity index (χ0v) is 12.6. The van der Waals surface area contributed by atoms with Crippen LogP contribution in [0, 0.1) is 0 Å². The molecule has 1 N–H and O–H groups in total. The summed E-state index contributed by atoms with van der Waals surface area (Å²) in [7, 11) is 5.15. The summed E-state index contributed by atoms with van der Waals surface area (Å²) in [5.41, 5.74) is 2.72. The first-order chi connectivity index (χ1) is 10.1. The van der Waals surface area contributed by atoms with Gasteiger partial charge in [-0.05, 0) is 35.9 Å². The van der Waals surface area contributed by atoms with Crippen molar-refractivity contribution in [1.29, 1.82) is 0 Å². The second kappa shape index (κ2) is 6.79. The summed E-state index contributed by atoms with van der Waals surface area (Å²) in [5, 5.41) is 3.32. The molecule has 0 aliphatic heterocycles. The van der Waals surface area contributed by atoms with E-state index in [9.17, 15) is 4.79 Å². The number of nitrogens with zero attached hydrogens (tertiary/aromatic N) is 1. The first-order valence-electron chi connectivity index (χ1n) is 6.78. The number of benzene rings is 2. The number of hydrogen-bond acceptors (Lipinski definition) is 3. The first kappa shape index (κ1) is 14.9. The van der Waals surface area contributed by atoms with E-state index in [1.807, 2.05) is 48.5 Å². The zero-order valence-electron chi connectivity index (χ0n) is 12.6. The van der Waals surface area contributed by atoms with Crippen molar-refractivity contribution in [1.82, 2.24) is 4.90 Å². The van der Waals surface area contributed by atoms with Crippen LogP contribution in [0.1, 0.15) is 15.9 Å². The third kappa shape index (κ3) is 3.99. The molecule has 1 amide bonds. The summed E-state index contributed by atoms with van der Waals surface area (Å²) in [6.07, 6.45) is 0. The maximum atomic E-state index is 11.9. The number of anilines is 1. The summed E-state index contributed by atoms with van der Waals surface area (Å²) in [6.45, 7) is 0.677. The van der Waals surface area contributed by atoms with Gasteiger partial charge in [0.1, 0.15) is 5.75 Å². The molecular weight excluding hydrogens is 264 g/mol. The number of carbonyl (C=O) groups excluding carboxylic acids is 1. The lowest BCUT2D eigenvalue weighted by atomic mass is 10.1. The van der Waals surface area contributed by atoms with E-state index in [0.717, 1.165) is 17.0 Å². The van der Waals surface area contributed by atoms with Gasteiger partial charge in [0.25, 0.3) is 5.91 Å². The number of amides is 1. The fraction of sp³-hybridized carbons (Fsp3) is 0.235. The van der Waals surface area contributed by atoms with Gasteiger partial charge in [0, 0.05) is 31.9 Å². The Morgan fingerprint density at radius 3 is 2.62 bits per heavy atom. The van der Waals surface area contributed by atoms with Crippen LogP contribution >= 0.6 is 0 Å². The van der Waals surface area contributed by atoms with Crippen molar-refractivity contribution in [3.63, 3.8) is 0 Å². The molecule has 0 heterocycles. The number of rotatable bonds is 5. The molecule has 2 aromatic carbocycles. The molecule has 0 aliphatic rings. The molecule has 0 radical (unpaired) electrons. The van der Waals surface area contributed by atoms with E-state index in [2.05, 4.69) is 5.32 Å². The monoisotopic (exact) mass is 284 g/mol. The molecule has 0 bridgehead atoms. The summed E-state index contributed by atoms with van der Waals surface area (Å²) in [5.74, 6) is 0.839. The van der Waals surface area contributed by atoms with Crippen LogP contribution in [0.4, 0.5) is 5.69 Å². The number of ether oxygens (including phenoxy) is 1. The largest absolute Gasteiger partial charge is 0.497 e. The number of nitrogens with one attached hydrogen (secondary N) is 1. The molecule has 2 aromatic rings. The van der Waals surface area contributed by atoms with Crippen LogP contribution in [0.2, 0.25) is 0 Å². The van der Waals surface area contributed by atoms with Crippen LogP contribution in [0.5, 0.6) is 5.75 Å². The van der Waals surface area contributed by atoms with Gasteiger partial charge in [-0.2, -0.15) is 0 Å². The fourth-order valence-electron chi connectivity index (χ4n) is 2.01. The van der Waals surface area contributed by atoms with Crippen molar-refractivity contribution in [2.45, 2.75) is 6.54 Å². The zero-order chi connectivity index (χ0) is 15.2. The Kier molecular flexibility index (Phi) is 4.82. The Morgan fingerprint density at radius 2 is 1.90 bits per heavy atom. The molecule has 4 nitrogen and oxygen atoms in total. The van der Waals surface area contributed by atoms with Crippen molar-refractivity contribution in [3.05, 3.63) is 59.7 Å². The molecule has 0 aromatic heterocycles. The van der Waals surface area contributed by atoms with Crippen LogP contribution in [0.25, 0.3) is 0 Å². The molecule has 0 spiro atoms. The van der Waals surface area contributed by atoms with E-state index >= 15 is 0 Å². The van der Waals surface area contributed by atoms with Gasteiger partial charge in [-0.25, -0.2) is 0 Å². The average molecular weight is 284 g/mol. The highest BCUT2D eigenvalue weighted by molar-refractivity contribution is 5.94. The third-order valence-corrected chi connectivity index (χ3v) is 3.15. The highest BCUT2D eigenvalue weighted by Gasteiger charge is 2.07. The highest BCUT2D eigenvalue weighted by atomic mass is 16.5. The lowest BCUT2D eigenvalue weighted by molar-refractivity contribution is 0.0827. The van der Waals surface area contributed by atoms with E-state index in [4.69, 9.17) is 4.74 Å². The lowest BCUT2D eigenvalue weighted by Gasteiger charge is -2.12. The Labute approximate surface area is 125 Å². The molecule has 110 valence electrons. The molecule has 0 saturated heterocycles. The van der Waals surface area contributed by atoms with Crippen molar-refractivity contribution in [3.8, 4) is 5.75 Å². The molecule has 2 rings (SSSR count). The van der Waals surface area contributed by atoms with Crippen molar-refractivity contribution >= 4 is 11.6 Å². The van der Waals surface area contributed by atoms with Crippen molar-refractivity contribution < 1.29 is 9.53 Å². The van der Waals surface area contributed by atoms with Crippen LogP contribution in [-0.4, -0.2) is 32.0 Å². The molecule has 4 heteroatoms. The van der Waals surface area contributed by atoms with Gasteiger partial charge in [0.05, 0.1) is 7.11 Å². The minimum absolute atomic E-state index is 0.0000281. The van der Waals surface area contributed by atoms with Gasteiger partial charge in [0.2, 0.25) is 0 Å². The predicted molar refractivity (Wildman–Crippen MR) is 84.8 cm³/mol. The Morgan fingerprint density at radius 1 is 1.14 bits per heavy atom. The predicted octanol–water partition coefficient (Wildman–Crippen LogP) is 3.01. The van der Waals surface area contributed by atoms with E-state index < -0.39 is 0 Å². The first-order valence-corrected chi connectivity index (χ1v) is 6.78. The van der Waals surface area contributed by atoms with E-state index in [1.165, 1.54) is 0 Å². The van der Waals surface area contributed by atoms with Crippen LogP contribution in [0.15, 0.2) is 48.5 Å². The fourth-order valence-corrected chi connectivity index (χ4v) is 2.01. The molecule has 0 atom stereocenters. The van der Waals surface area contributed by atoms with Crippen molar-refractivity contribution in [2.75, 3.05) is 26.5 Å². The van der Waals surface area contributed by atoms with Gasteiger partial charge in [-0.1, -0.05) is 18.2 Å². The van der Waals surface area contributed by atoms with Gasteiger partial charge in [-0.3, -0.25) is 4.79 Å². The Bertz CT molecular complexity index is 624. The molecule has 0 aliphatic carbocycles. The minimum atomic E-state index is 0.0000281. The number of hydrogen-bond donors (Lipinski definition) is 1. The summed E-state index contributed by atoms with van der Waals surface area (Å²) in [6, 6.07) is 15.4. The maximum absolute atomic E-state index is 11.9. The Balaban J connectivity index is 2.06. The van der Waals surface area contributed by atoms with Gasteiger partial charge in [-0.15, -0.1) is 0 Å². The normalized spacial score (nSPS) is 10.0. The average Bonchev–Trinajstić information content (AvgIpc) is 2.52. The van der Waals surface area contributed by atoms with Crippen LogP contribution in [-0.2, 0) is 6.54 Å². The second-order valence-electron chi connectivity index (χ2n) is 4.99. The standard InChI is InChI=1S/C17H20N2O2/c1-19(2)17(20)14-7-5-8-15(11-14)18-12-13-6-4-9-16(10-13)21-3/h4-11,18H,12H2,1-3H3. The van der Waals surface area contributed by atoms with E-state index in [-0.39, 0.29) is 5.91 Å². The summed E-state index contributed by atoms with van der Waals surface area (Å²) in [4.78, 5) is 13.5. The number of methoxy groups -OCH3 is 1. The van der Waals surface area contributed by atoms with E-state index in [0.29, 0.717) is 12.1 Å². The smallest absolute Gasteiger partial charge is 0.253 e. The quantitative estimate of drug-likeness (QED) is 0.917. The van der Waals surface area contributed by atoms with Crippen molar-refractivity contribution in [2.24, 2.45) is 0 Å². The summed E-state index contributed by atoms with van der Waals surface area (Å²) >= 11 is 0. The molecule has 0 fully saturated rings. The SMILES string of the molecule is COc1cccc(CNc2cccc(C(=O)N(C)C)c2)c1. The summed E-state index contributed by atoms with van der Waals surface area (Å²) < 4.78 is 5.21. The Hall–Kier alpha value is -2.49. The van der Waals surface area contributed by atoms with Crippen LogP contribution in [0.3, 0.4) is 0 Å². The maximum Gasteiger partial charge on any atom is 0.253 e. The number of carbonyl (C=O) groups is 1. The molecule has 21 heavy (non-hydrogen) atoms.